The van der Waals surface area contributed by atoms with E-state index in [1.807, 2.05) is 11.8 Å². The molecule has 1 saturated carbocycles. The highest BCUT2D eigenvalue weighted by molar-refractivity contribution is 8.00. The quantitative estimate of drug-likeness (QED) is 0.620. The first-order valence-corrected chi connectivity index (χ1v) is 6.45. The topological polar surface area (TPSA) is 20.2 Å². The molecule has 0 unspecified atom stereocenters. The minimum Gasteiger partial charge on any atom is -0.377 e. The van der Waals surface area contributed by atoms with Crippen LogP contribution in [0.1, 0.15) is 39.0 Å². The number of aliphatic hydroxyl groups is 1. The lowest BCUT2D eigenvalue weighted by Crippen LogP contribution is -2.49. The third-order valence-electron chi connectivity index (χ3n) is 3.57. The second-order valence-corrected chi connectivity index (χ2v) is 6.33. The predicted octanol–water partition coefficient (Wildman–Crippen LogP) is 2.43. The molecule has 0 bridgehead atoms. The number of fused-ring (bicyclic) bond motifs is 1. The molecule has 4 atom stereocenters. The molecular weight excluding hydrogens is 192 g/mol. The van der Waals surface area contributed by atoms with Gasteiger partial charge >= 0.3 is 0 Å². The van der Waals surface area contributed by atoms with Crippen molar-refractivity contribution in [2.75, 3.05) is 0 Å². The van der Waals surface area contributed by atoms with Crippen LogP contribution < -0.4 is 0 Å². The van der Waals surface area contributed by atoms with Crippen molar-refractivity contribution in [2.24, 2.45) is 5.92 Å². The lowest BCUT2D eigenvalue weighted by Gasteiger charge is -2.46. The minimum atomic E-state index is -0.810. The molecule has 2 rings (SSSR count). The molecule has 0 radical (unpaired) electrons. The molecule has 1 aliphatic carbocycles. The molecule has 78 valence electrons. The van der Waals surface area contributed by atoms with Gasteiger partial charge in [-0.05, 0) is 19.3 Å². The Hall–Kier alpha value is -0.130. The number of thioether (sulfide) groups is 1. The van der Waals surface area contributed by atoms with Crippen molar-refractivity contribution in [3.8, 4) is 12.3 Å². The van der Waals surface area contributed by atoms with Gasteiger partial charge in [-0.15, -0.1) is 6.42 Å². The maximum absolute atomic E-state index is 10.4. The molecule has 1 heterocycles. The smallest absolute Gasteiger partial charge is 0.130 e. The Kier molecular flexibility index (Phi) is 2.81. The van der Waals surface area contributed by atoms with Crippen LogP contribution in [-0.4, -0.2) is 21.2 Å². The van der Waals surface area contributed by atoms with Crippen molar-refractivity contribution in [3.05, 3.63) is 0 Å². The van der Waals surface area contributed by atoms with Crippen LogP contribution in [0.4, 0.5) is 0 Å². The molecule has 1 aliphatic heterocycles. The van der Waals surface area contributed by atoms with Crippen molar-refractivity contribution in [3.63, 3.8) is 0 Å². The van der Waals surface area contributed by atoms with E-state index in [2.05, 4.69) is 12.8 Å². The fourth-order valence-corrected chi connectivity index (χ4v) is 4.71. The third-order valence-corrected chi connectivity index (χ3v) is 5.12. The van der Waals surface area contributed by atoms with Gasteiger partial charge in [-0.3, -0.25) is 0 Å². The van der Waals surface area contributed by atoms with Crippen molar-refractivity contribution in [1.29, 1.82) is 0 Å². The van der Waals surface area contributed by atoms with Gasteiger partial charge in [0.25, 0.3) is 0 Å². The Balaban J connectivity index is 2.20. The first-order valence-electron chi connectivity index (χ1n) is 5.51. The predicted molar refractivity (Wildman–Crippen MR) is 61.2 cm³/mol. The standard InChI is InChI=1S/C12H18OS/c1-3-12(13)8-9(2)14-11-7-5-4-6-10(11)12/h1,9-11,13H,4-8H2,2H3/t9-,10-,11+,12-/m0/s1. The van der Waals surface area contributed by atoms with Crippen molar-refractivity contribution < 1.29 is 5.11 Å². The van der Waals surface area contributed by atoms with Crippen LogP contribution in [-0.2, 0) is 0 Å². The van der Waals surface area contributed by atoms with Crippen molar-refractivity contribution >= 4 is 11.8 Å². The van der Waals surface area contributed by atoms with Gasteiger partial charge in [0, 0.05) is 16.4 Å². The average Bonchev–Trinajstić information content (AvgIpc) is 2.17. The molecule has 0 amide bonds. The number of terminal acetylenes is 1. The Bertz CT molecular complexity index is 258. The summed E-state index contributed by atoms with van der Waals surface area (Å²) in [6, 6.07) is 0. The third kappa shape index (κ3) is 1.68. The molecule has 0 aromatic heterocycles. The van der Waals surface area contributed by atoms with Crippen LogP contribution in [0.3, 0.4) is 0 Å². The molecule has 2 fully saturated rings. The number of hydrogen-bond acceptors (Lipinski definition) is 2. The Labute approximate surface area is 90.7 Å². The second kappa shape index (κ2) is 3.79. The lowest BCUT2D eigenvalue weighted by molar-refractivity contribution is 0.0108. The zero-order valence-electron chi connectivity index (χ0n) is 8.70. The molecule has 1 saturated heterocycles. The highest BCUT2D eigenvalue weighted by Gasteiger charge is 2.46. The monoisotopic (exact) mass is 210 g/mol. The lowest BCUT2D eigenvalue weighted by atomic mass is 9.74. The van der Waals surface area contributed by atoms with Gasteiger partial charge in [0.15, 0.2) is 0 Å². The SMILES string of the molecule is C#C[C@]1(O)C[C@H](C)S[C@@H]2CCCC[C@@H]21. The Morgan fingerprint density at radius 3 is 2.86 bits per heavy atom. The van der Waals surface area contributed by atoms with Crippen LogP contribution in [0.15, 0.2) is 0 Å². The molecular formula is C12H18OS. The fraction of sp³-hybridized carbons (Fsp3) is 0.833. The summed E-state index contributed by atoms with van der Waals surface area (Å²) in [4.78, 5) is 0. The summed E-state index contributed by atoms with van der Waals surface area (Å²) in [5, 5.41) is 11.5. The van der Waals surface area contributed by atoms with Crippen molar-refractivity contribution in [2.45, 2.75) is 55.1 Å². The first kappa shape index (κ1) is 10.4. The minimum absolute atomic E-state index is 0.349. The van der Waals surface area contributed by atoms with Gasteiger partial charge in [0.1, 0.15) is 5.60 Å². The van der Waals surface area contributed by atoms with Gasteiger partial charge in [-0.1, -0.05) is 25.7 Å². The van der Waals surface area contributed by atoms with E-state index in [1.54, 1.807) is 0 Å². The largest absolute Gasteiger partial charge is 0.377 e. The van der Waals surface area contributed by atoms with Gasteiger partial charge in [0.2, 0.25) is 0 Å². The fourth-order valence-electron chi connectivity index (χ4n) is 2.91. The summed E-state index contributed by atoms with van der Waals surface area (Å²) in [7, 11) is 0. The summed E-state index contributed by atoms with van der Waals surface area (Å²) in [5.41, 5.74) is -0.810. The number of rotatable bonds is 0. The number of hydrogen-bond donors (Lipinski definition) is 1. The molecule has 0 spiro atoms. The maximum Gasteiger partial charge on any atom is 0.130 e. The zero-order valence-corrected chi connectivity index (χ0v) is 9.52. The molecule has 1 N–H and O–H groups in total. The van der Waals surface area contributed by atoms with Crippen LogP contribution in [0.25, 0.3) is 0 Å². The molecule has 0 aromatic carbocycles. The van der Waals surface area contributed by atoms with Gasteiger partial charge < -0.3 is 5.11 Å². The highest BCUT2D eigenvalue weighted by Crippen LogP contribution is 2.48. The first-order chi connectivity index (χ1) is 6.65. The van der Waals surface area contributed by atoms with E-state index < -0.39 is 5.60 Å². The Morgan fingerprint density at radius 2 is 2.14 bits per heavy atom. The van der Waals surface area contributed by atoms with Gasteiger partial charge in [-0.2, -0.15) is 11.8 Å². The summed E-state index contributed by atoms with van der Waals surface area (Å²) in [6.45, 7) is 2.18. The van der Waals surface area contributed by atoms with E-state index in [4.69, 9.17) is 6.42 Å². The van der Waals surface area contributed by atoms with E-state index in [0.717, 1.165) is 12.8 Å². The molecule has 1 nitrogen and oxygen atoms in total. The summed E-state index contributed by atoms with van der Waals surface area (Å²) >= 11 is 2.03. The highest BCUT2D eigenvalue weighted by atomic mass is 32.2. The molecule has 2 heteroatoms. The molecule has 2 aliphatic rings. The summed E-state index contributed by atoms with van der Waals surface area (Å²) in [5.74, 6) is 3.00. The van der Waals surface area contributed by atoms with Gasteiger partial charge in [-0.25, -0.2) is 0 Å². The molecule has 0 aromatic rings. The van der Waals surface area contributed by atoms with E-state index >= 15 is 0 Å². The van der Waals surface area contributed by atoms with E-state index in [9.17, 15) is 5.11 Å². The second-order valence-electron chi connectivity index (χ2n) is 4.65. The van der Waals surface area contributed by atoms with Gasteiger partial charge in [0.05, 0.1) is 0 Å². The maximum atomic E-state index is 10.4. The van der Waals surface area contributed by atoms with E-state index in [0.29, 0.717) is 16.4 Å². The van der Waals surface area contributed by atoms with E-state index in [1.165, 1.54) is 19.3 Å². The zero-order chi connectivity index (χ0) is 10.2. The summed E-state index contributed by atoms with van der Waals surface area (Å²) < 4.78 is 0. The van der Waals surface area contributed by atoms with Crippen LogP contribution in [0, 0.1) is 18.3 Å². The normalized spacial score (nSPS) is 47.9. The molecule has 14 heavy (non-hydrogen) atoms. The van der Waals surface area contributed by atoms with Crippen LogP contribution >= 0.6 is 11.8 Å². The van der Waals surface area contributed by atoms with Crippen LogP contribution in [0.5, 0.6) is 0 Å². The Morgan fingerprint density at radius 1 is 1.43 bits per heavy atom. The van der Waals surface area contributed by atoms with Crippen molar-refractivity contribution in [1.82, 2.24) is 0 Å². The summed E-state index contributed by atoms with van der Waals surface area (Å²) in [6.07, 6.45) is 11.2. The van der Waals surface area contributed by atoms with E-state index in [-0.39, 0.29) is 0 Å². The average molecular weight is 210 g/mol. The van der Waals surface area contributed by atoms with Crippen LogP contribution in [0.2, 0.25) is 0 Å².